The van der Waals surface area contributed by atoms with Gasteiger partial charge in [-0.25, -0.2) is 8.78 Å². The van der Waals surface area contributed by atoms with E-state index in [2.05, 4.69) is 15.4 Å². The zero-order chi connectivity index (χ0) is 20.7. The highest BCUT2D eigenvalue weighted by Crippen LogP contribution is 2.25. The molecule has 0 heterocycles. The molecular formula is C19H24F2N2O5. The second-order valence-electron chi connectivity index (χ2n) is 6.78. The van der Waals surface area contributed by atoms with Crippen molar-refractivity contribution in [1.82, 2.24) is 10.6 Å². The molecule has 3 N–H and O–H groups in total. The molecule has 9 heteroatoms. The lowest BCUT2D eigenvalue weighted by Crippen LogP contribution is -2.50. The molecule has 28 heavy (non-hydrogen) atoms. The van der Waals surface area contributed by atoms with Crippen molar-refractivity contribution in [2.45, 2.75) is 44.2 Å². The first kappa shape index (κ1) is 21.7. The Morgan fingerprint density at radius 1 is 1.25 bits per heavy atom. The van der Waals surface area contributed by atoms with Crippen molar-refractivity contribution in [2.24, 2.45) is 5.92 Å². The van der Waals surface area contributed by atoms with Crippen LogP contribution in [0.5, 0.6) is 0 Å². The molecule has 0 bridgehead atoms. The Balaban J connectivity index is 1.87. The third-order valence-corrected chi connectivity index (χ3v) is 4.75. The highest BCUT2D eigenvalue weighted by Gasteiger charge is 2.33. The van der Waals surface area contributed by atoms with Crippen molar-refractivity contribution in [2.75, 3.05) is 13.7 Å². The monoisotopic (exact) mass is 398 g/mol. The minimum absolute atomic E-state index is 0.0429. The van der Waals surface area contributed by atoms with Gasteiger partial charge in [0.15, 0.2) is 0 Å². The minimum atomic E-state index is -0.818. The van der Waals surface area contributed by atoms with Crippen LogP contribution in [0.3, 0.4) is 0 Å². The molecule has 0 aromatic heterocycles. The molecule has 2 amide bonds. The standard InChI is InChI=1S/C19H24F2N2O5/c1-28-18(26)6-7-22-19(27)12-3-5-16(24)15(8-12)23-17(25)9-11-2-4-13(20)10-14(11)21/h2,4,10,12,15-16,24H,3,5-9H2,1H3,(H,22,27)(H,23,25)/t12-,15+,16+/m0/s1. The molecule has 0 radical (unpaired) electrons. The number of carbonyl (C=O) groups is 3. The molecule has 1 aromatic carbocycles. The largest absolute Gasteiger partial charge is 0.469 e. The first-order valence-corrected chi connectivity index (χ1v) is 9.06. The molecule has 3 atom stereocenters. The molecule has 0 saturated heterocycles. The number of carbonyl (C=O) groups excluding carboxylic acids is 3. The average molecular weight is 398 g/mol. The van der Waals surface area contributed by atoms with E-state index in [1.165, 1.54) is 13.2 Å². The number of methoxy groups -OCH3 is 1. The van der Waals surface area contributed by atoms with E-state index in [0.29, 0.717) is 18.9 Å². The Bertz CT molecular complexity index is 728. The van der Waals surface area contributed by atoms with Crippen molar-refractivity contribution in [3.63, 3.8) is 0 Å². The summed E-state index contributed by atoms with van der Waals surface area (Å²) in [4.78, 5) is 35.5. The van der Waals surface area contributed by atoms with E-state index < -0.39 is 41.6 Å². The zero-order valence-corrected chi connectivity index (χ0v) is 15.5. The number of ether oxygens (including phenoxy) is 1. The van der Waals surface area contributed by atoms with E-state index in [-0.39, 0.29) is 37.3 Å². The molecule has 154 valence electrons. The molecule has 0 aliphatic heterocycles. The Morgan fingerprint density at radius 3 is 2.68 bits per heavy atom. The number of esters is 1. The quantitative estimate of drug-likeness (QED) is 0.590. The van der Waals surface area contributed by atoms with Crippen molar-refractivity contribution in [3.05, 3.63) is 35.4 Å². The molecule has 2 rings (SSSR count). The maximum absolute atomic E-state index is 13.7. The number of benzene rings is 1. The van der Waals surface area contributed by atoms with Crippen LogP contribution in [0.15, 0.2) is 18.2 Å². The molecule has 1 aromatic rings. The predicted octanol–water partition coefficient (Wildman–Crippen LogP) is 0.832. The van der Waals surface area contributed by atoms with Crippen molar-refractivity contribution in [3.8, 4) is 0 Å². The first-order valence-electron chi connectivity index (χ1n) is 9.06. The molecule has 1 saturated carbocycles. The van der Waals surface area contributed by atoms with E-state index in [1.807, 2.05) is 0 Å². The van der Waals surface area contributed by atoms with Gasteiger partial charge in [0, 0.05) is 18.5 Å². The van der Waals surface area contributed by atoms with Crippen LogP contribution in [0, 0.1) is 17.6 Å². The van der Waals surface area contributed by atoms with Crippen LogP contribution in [-0.2, 0) is 25.5 Å². The fraction of sp³-hybridized carbons (Fsp3) is 0.526. The van der Waals surface area contributed by atoms with E-state index in [4.69, 9.17) is 0 Å². The van der Waals surface area contributed by atoms with Gasteiger partial charge in [0.2, 0.25) is 11.8 Å². The Kier molecular flexibility index (Phi) is 7.86. The summed E-state index contributed by atoms with van der Waals surface area (Å²) in [5.41, 5.74) is 0.0429. The number of hydrogen-bond acceptors (Lipinski definition) is 5. The van der Waals surface area contributed by atoms with Crippen LogP contribution in [0.2, 0.25) is 0 Å². The van der Waals surface area contributed by atoms with E-state index in [0.717, 1.165) is 6.07 Å². The Morgan fingerprint density at radius 2 is 2.00 bits per heavy atom. The molecule has 0 unspecified atom stereocenters. The van der Waals surface area contributed by atoms with Gasteiger partial charge in [-0.05, 0) is 30.9 Å². The lowest BCUT2D eigenvalue weighted by atomic mass is 9.83. The first-order chi connectivity index (χ1) is 13.3. The summed E-state index contributed by atoms with van der Waals surface area (Å²) in [5, 5.41) is 15.4. The van der Waals surface area contributed by atoms with Gasteiger partial charge in [-0.1, -0.05) is 6.07 Å². The van der Waals surface area contributed by atoms with Crippen molar-refractivity contribution >= 4 is 17.8 Å². The molecule has 1 fully saturated rings. The summed E-state index contributed by atoms with van der Waals surface area (Å²) in [6.07, 6.45) is -0.0641. The van der Waals surface area contributed by atoms with Crippen LogP contribution in [-0.4, -0.2) is 48.7 Å². The molecule has 7 nitrogen and oxygen atoms in total. The van der Waals surface area contributed by atoms with Gasteiger partial charge in [-0.2, -0.15) is 0 Å². The van der Waals surface area contributed by atoms with E-state index >= 15 is 0 Å². The molecule has 0 spiro atoms. The maximum atomic E-state index is 13.7. The fourth-order valence-electron chi connectivity index (χ4n) is 3.18. The van der Waals surface area contributed by atoms with Crippen LogP contribution in [0.4, 0.5) is 8.78 Å². The number of aliphatic hydroxyl groups excluding tert-OH is 1. The summed E-state index contributed by atoms with van der Waals surface area (Å²) in [5.74, 6) is -3.19. The third kappa shape index (κ3) is 6.26. The third-order valence-electron chi connectivity index (χ3n) is 4.75. The van der Waals surface area contributed by atoms with Crippen molar-refractivity contribution < 1.29 is 33.0 Å². The highest BCUT2D eigenvalue weighted by molar-refractivity contribution is 5.81. The average Bonchev–Trinajstić information content (AvgIpc) is 2.65. The summed E-state index contributed by atoms with van der Waals surface area (Å²) in [7, 11) is 1.26. The van der Waals surface area contributed by atoms with Crippen LogP contribution in [0.25, 0.3) is 0 Å². The molecule has 1 aliphatic carbocycles. The summed E-state index contributed by atoms with van der Waals surface area (Å²) in [6.45, 7) is 0.144. The van der Waals surface area contributed by atoms with Gasteiger partial charge in [-0.3, -0.25) is 14.4 Å². The zero-order valence-electron chi connectivity index (χ0n) is 15.5. The van der Waals surface area contributed by atoms with Gasteiger partial charge < -0.3 is 20.5 Å². The van der Waals surface area contributed by atoms with Crippen LogP contribution in [0.1, 0.15) is 31.2 Å². The smallest absolute Gasteiger partial charge is 0.307 e. The highest BCUT2D eigenvalue weighted by atomic mass is 19.1. The number of halogens is 2. The van der Waals surface area contributed by atoms with Gasteiger partial charge in [0.25, 0.3) is 0 Å². The van der Waals surface area contributed by atoms with Crippen LogP contribution >= 0.6 is 0 Å². The number of amides is 2. The SMILES string of the molecule is COC(=O)CCNC(=O)[C@H]1CC[C@@H](O)[C@H](NC(=O)Cc2ccc(F)cc2F)C1. The summed E-state index contributed by atoms with van der Waals surface area (Å²) >= 11 is 0. The second kappa shape index (κ2) is 10.1. The molecule has 1 aliphatic rings. The topological polar surface area (TPSA) is 105 Å². The summed E-state index contributed by atoms with van der Waals surface area (Å²) in [6, 6.07) is 2.31. The van der Waals surface area contributed by atoms with Crippen LogP contribution < -0.4 is 10.6 Å². The number of rotatable bonds is 7. The predicted molar refractivity (Wildman–Crippen MR) is 95.0 cm³/mol. The number of nitrogens with one attached hydrogen (secondary N) is 2. The van der Waals surface area contributed by atoms with E-state index in [9.17, 15) is 28.3 Å². The number of hydrogen-bond donors (Lipinski definition) is 3. The van der Waals surface area contributed by atoms with Gasteiger partial charge in [0.1, 0.15) is 11.6 Å². The van der Waals surface area contributed by atoms with E-state index in [1.54, 1.807) is 0 Å². The maximum Gasteiger partial charge on any atom is 0.307 e. The normalized spacial score (nSPS) is 21.6. The molecular weight excluding hydrogens is 374 g/mol. The van der Waals surface area contributed by atoms with Gasteiger partial charge in [-0.15, -0.1) is 0 Å². The van der Waals surface area contributed by atoms with Crippen molar-refractivity contribution in [1.29, 1.82) is 0 Å². The lowest BCUT2D eigenvalue weighted by Gasteiger charge is -2.33. The Labute approximate surface area is 161 Å². The number of aliphatic hydroxyl groups is 1. The minimum Gasteiger partial charge on any atom is -0.469 e. The fourth-order valence-corrected chi connectivity index (χ4v) is 3.18. The van der Waals surface area contributed by atoms with Gasteiger partial charge in [0.05, 0.1) is 32.1 Å². The lowest BCUT2D eigenvalue weighted by molar-refractivity contribution is -0.140. The summed E-state index contributed by atoms with van der Waals surface area (Å²) < 4.78 is 31.1. The second-order valence-corrected chi connectivity index (χ2v) is 6.78. The van der Waals surface area contributed by atoms with Gasteiger partial charge >= 0.3 is 5.97 Å². The Hall–Kier alpha value is -2.55.